The summed E-state index contributed by atoms with van der Waals surface area (Å²) in [4.78, 5) is 32.9. The molecule has 3 heterocycles. The van der Waals surface area contributed by atoms with E-state index in [0.717, 1.165) is 25.1 Å². The molecule has 1 aliphatic heterocycles. The smallest absolute Gasteiger partial charge is 0.310 e. The number of fused-ring (bicyclic) bond motifs is 3. The molecule has 0 aliphatic carbocycles. The van der Waals surface area contributed by atoms with E-state index < -0.39 is 0 Å². The van der Waals surface area contributed by atoms with Crippen molar-refractivity contribution in [2.24, 2.45) is 7.05 Å². The zero-order valence-corrected chi connectivity index (χ0v) is 16.9. The van der Waals surface area contributed by atoms with Gasteiger partial charge in [0.25, 0.3) is 5.56 Å². The van der Waals surface area contributed by atoms with Crippen LogP contribution < -0.4 is 16.1 Å². The van der Waals surface area contributed by atoms with Crippen LogP contribution in [0.5, 0.6) is 0 Å². The summed E-state index contributed by atoms with van der Waals surface area (Å²) in [6.07, 6.45) is 1.54. The van der Waals surface area contributed by atoms with Crippen LogP contribution in [0.2, 0.25) is 0 Å². The summed E-state index contributed by atoms with van der Waals surface area (Å²) in [5.74, 6) is 0.713. The van der Waals surface area contributed by atoms with E-state index in [9.17, 15) is 9.59 Å². The van der Waals surface area contributed by atoms with Crippen molar-refractivity contribution in [1.82, 2.24) is 18.7 Å². The molecule has 2 aromatic heterocycles. The van der Waals surface area contributed by atoms with E-state index in [1.165, 1.54) is 14.7 Å². The van der Waals surface area contributed by atoms with E-state index in [1.807, 2.05) is 53.1 Å². The molecule has 4 aromatic rings. The van der Waals surface area contributed by atoms with E-state index in [0.29, 0.717) is 30.2 Å². The zero-order chi connectivity index (χ0) is 20.7. The third-order valence-corrected chi connectivity index (χ3v) is 5.76. The Morgan fingerprint density at radius 1 is 0.933 bits per heavy atom. The minimum atomic E-state index is -0.316. The molecule has 0 bridgehead atoms. The lowest BCUT2D eigenvalue weighted by Crippen LogP contribution is -2.39. The second kappa shape index (κ2) is 7.33. The Hall–Kier alpha value is -3.61. The number of aromatic nitrogens is 4. The molecular formula is C23H23N5O2. The molecule has 0 N–H and O–H groups in total. The van der Waals surface area contributed by atoms with Gasteiger partial charge >= 0.3 is 5.69 Å². The summed E-state index contributed by atoms with van der Waals surface area (Å²) >= 11 is 0. The first-order valence-electron chi connectivity index (χ1n) is 10.2. The van der Waals surface area contributed by atoms with Crippen molar-refractivity contribution in [3.8, 4) is 0 Å². The van der Waals surface area contributed by atoms with Crippen molar-refractivity contribution in [2.75, 3.05) is 11.4 Å². The molecule has 2 aromatic carbocycles. The highest BCUT2D eigenvalue weighted by Crippen LogP contribution is 2.31. The minimum Gasteiger partial charge on any atom is -0.310 e. The van der Waals surface area contributed by atoms with E-state index in [4.69, 9.17) is 0 Å². The molecule has 0 fully saturated rings. The Bertz CT molecular complexity index is 1320. The topological polar surface area (TPSA) is 65.1 Å². The monoisotopic (exact) mass is 401 g/mol. The Kier molecular flexibility index (Phi) is 4.50. The summed E-state index contributed by atoms with van der Waals surface area (Å²) in [5, 5.41) is 0. The number of hydrogen-bond acceptors (Lipinski definition) is 4. The molecule has 5 rings (SSSR count). The van der Waals surface area contributed by atoms with Crippen LogP contribution in [0, 0.1) is 0 Å². The number of aryl methyl sites for hydroxylation is 2. The van der Waals surface area contributed by atoms with E-state index in [1.54, 1.807) is 7.05 Å². The molecule has 0 radical (unpaired) electrons. The molecule has 0 saturated carbocycles. The van der Waals surface area contributed by atoms with Crippen molar-refractivity contribution in [1.29, 1.82) is 0 Å². The van der Waals surface area contributed by atoms with Crippen LogP contribution in [0.15, 0.2) is 70.3 Å². The van der Waals surface area contributed by atoms with Crippen LogP contribution in [-0.2, 0) is 26.6 Å². The van der Waals surface area contributed by atoms with Gasteiger partial charge in [-0.25, -0.2) is 4.79 Å². The largest absolute Gasteiger partial charge is 0.332 e. The number of hydrogen-bond donors (Lipinski definition) is 0. The van der Waals surface area contributed by atoms with Crippen LogP contribution in [0.3, 0.4) is 0 Å². The maximum absolute atomic E-state index is 13.3. The maximum atomic E-state index is 13.3. The van der Waals surface area contributed by atoms with Crippen LogP contribution >= 0.6 is 0 Å². The average Bonchev–Trinajstić information content (AvgIpc) is 3.35. The van der Waals surface area contributed by atoms with Gasteiger partial charge in [0, 0.05) is 32.4 Å². The van der Waals surface area contributed by atoms with E-state index >= 15 is 0 Å². The number of nitrogens with zero attached hydrogens (tertiary/aromatic N) is 5. The highest BCUT2D eigenvalue weighted by Gasteiger charge is 2.28. The number of anilines is 2. The molecule has 1 aliphatic rings. The Morgan fingerprint density at radius 2 is 1.63 bits per heavy atom. The SMILES string of the molecule is Cn1c(=O)n(CCCc2ccccc2)c(=O)c2c1nc1n2CCN1c1ccccc1. The van der Waals surface area contributed by atoms with Gasteiger partial charge in [-0.15, -0.1) is 0 Å². The van der Waals surface area contributed by atoms with Crippen molar-refractivity contribution >= 4 is 22.8 Å². The summed E-state index contributed by atoms with van der Waals surface area (Å²) in [6.45, 7) is 1.80. The van der Waals surface area contributed by atoms with Gasteiger partial charge in [-0.3, -0.25) is 13.9 Å². The second-order valence-electron chi connectivity index (χ2n) is 7.61. The van der Waals surface area contributed by atoms with Gasteiger partial charge in [0.05, 0.1) is 0 Å². The van der Waals surface area contributed by atoms with Crippen LogP contribution in [0.4, 0.5) is 11.6 Å². The Labute approximate surface area is 173 Å². The zero-order valence-electron chi connectivity index (χ0n) is 16.9. The predicted octanol–water partition coefficient (Wildman–Crippen LogP) is 2.68. The molecule has 0 amide bonds. The third kappa shape index (κ3) is 2.94. The first-order chi connectivity index (χ1) is 14.6. The predicted molar refractivity (Wildman–Crippen MR) is 117 cm³/mol. The fourth-order valence-electron chi connectivity index (χ4n) is 4.21. The Morgan fingerprint density at radius 3 is 2.37 bits per heavy atom. The summed E-state index contributed by atoms with van der Waals surface area (Å²) in [6, 6.07) is 20.1. The normalized spacial score (nSPS) is 13.2. The summed E-state index contributed by atoms with van der Waals surface area (Å²) < 4.78 is 4.79. The van der Waals surface area contributed by atoms with E-state index in [2.05, 4.69) is 22.0 Å². The van der Waals surface area contributed by atoms with Crippen molar-refractivity contribution in [3.63, 3.8) is 0 Å². The number of benzene rings is 2. The fourth-order valence-corrected chi connectivity index (χ4v) is 4.21. The van der Waals surface area contributed by atoms with Crippen LogP contribution in [0.25, 0.3) is 11.2 Å². The standard InChI is InChI=1S/C23H23N5O2/c1-25-20-19(27-16-15-26(22(27)24-20)18-12-6-3-7-13-18)21(29)28(23(25)30)14-8-11-17-9-4-2-5-10-17/h2-7,9-10,12-13H,8,11,14-16H2,1H3. The second-order valence-corrected chi connectivity index (χ2v) is 7.61. The van der Waals surface area contributed by atoms with Gasteiger partial charge in [0.1, 0.15) is 0 Å². The van der Waals surface area contributed by atoms with Crippen molar-refractivity contribution < 1.29 is 0 Å². The molecule has 152 valence electrons. The number of para-hydroxylation sites is 1. The molecule has 0 saturated heterocycles. The highest BCUT2D eigenvalue weighted by molar-refractivity contribution is 5.77. The quantitative estimate of drug-likeness (QED) is 0.516. The first-order valence-corrected chi connectivity index (χ1v) is 10.2. The third-order valence-electron chi connectivity index (χ3n) is 5.76. The maximum Gasteiger partial charge on any atom is 0.332 e. The highest BCUT2D eigenvalue weighted by atomic mass is 16.2. The summed E-state index contributed by atoms with van der Waals surface area (Å²) in [5.41, 5.74) is 2.61. The molecule has 7 heteroatoms. The van der Waals surface area contributed by atoms with Gasteiger partial charge in [0.15, 0.2) is 11.2 Å². The lowest BCUT2D eigenvalue weighted by molar-refractivity contribution is 0.570. The molecule has 0 spiro atoms. The molecular weight excluding hydrogens is 378 g/mol. The summed E-state index contributed by atoms with van der Waals surface area (Å²) in [7, 11) is 1.69. The molecule has 0 atom stereocenters. The lowest BCUT2D eigenvalue weighted by Gasteiger charge is -2.15. The minimum absolute atomic E-state index is 0.255. The van der Waals surface area contributed by atoms with Gasteiger partial charge < -0.3 is 9.47 Å². The van der Waals surface area contributed by atoms with Gasteiger partial charge in [-0.05, 0) is 30.5 Å². The van der Waals surface area contributed by atoms with Gasteiger partial charge in [-0.1, -0.05) is 48.5 Å². The fraction of sp³-hybridized carbons (Fsp3) is 0.261. The van der Waals surface area contributed by atoms with Crippen LogP contribution in [-0.4, -0.2) is 25.2 Å². The molecule has 0 unspecified atom stereocenters. The average molecular weight is 401 g/mol. The number of imidazole rings is 1. The lowest BCUT2D eigenvalue weighted by atomic mass is 10.1. The number of rotatable bonds is 5. The van der Waals surface area contributed by atoms with Gasteiger partial charge in [0.2, 0.25) is 5.95 Å². The molecule has 7 nitrogen and oxygen atoms in total. The van der Waals surface area contributed by atoms with Crippen molar-refractivity contribution in [3.05, 3.63) is 87.1 Å². The first kappa shape index (κ1) is 18.4. The Balaban J connectivity index is 1.53. The molecule has 30 heavy (non-hydrogen) atoms. The van der Waals surface area contributed by atoms with Crippen LogP contribution in [0.1, 0.15) is 12.0 Å². The van der Waals surface area contributed by atoms with Gasteiger partial charge in [-0.2, -0.15) is 4.98 Å². The van der Waals surface area contributed by atoms with Crippen molar-refractivity contribution in [2.45, 2.75) is 25.9 Å². The van der Waals surface area contributed by atoms with E-state index in [-0.39, 0.29) is 11.2 Å².